The van der Waals surface area contributed by atoms with Crippen molar-refractivity contribution in [3.63, 3.8) is 0 Å². The molecule has 2 aliphatic rings. The molecule has 12 nitrogen and oxygen atoms in total. The maximum Gasteiger partial charge on any atom is 0.303 e. The Morgan fingerprint density at radius 1 is 0.909 bits per heavy atom. The van der Waals surface area contributed by atoms with Gasteiger partial charge >= 0.3 is 5.97 Å². The first-order valence-electron chi connectivity index (χ1n) is 11.4. The second-order valence-electron chi connectivity index (χ2n) is 8.92. The van der Waals surface area contributed by atoms with Gasteiger partial charge < -0.3 is 54.7 Å². The average molecular weight is 483 g/mol. The molecule has 0 aromatic rings. The van der Waals surface area contributed by atoms with E-state index in [2.05, 4.69) is 0 Å². The minimum absolute atomic E-state index is 0.155. The number of carboxylic acid groups (broad SMARTS) is 1. The van der Waals surface area contributed by atoms with Gasteiger partial charge in [0, 0.05) is 0 Å². The van der Waals surface area contributed by atoms with Crippen molar-refractivity contribution in [2.24, 2.45) is 5.92 Å². The van der Waals surface area contributed by atoms with E-state index in [-0.39, 0.29) is 6.42 Å². The minimum atomic E-state index is -1.64. The summed E-state index contributed by atoms with van der Waals surface area (Å²) in [6, 6.07) is 0. The second-order valence-corrected chi connectivity index (χ2v) is 8.92. The fourth-order valence-electron chi connectivity index (χ4n) is 3.98. The highest BCUT2D eigenvalue weighted by atomic mass is 16.7. The summed E-state index contributed by atoms with van der Waals surface area (Å²) in [7, 11) is 0. The lowest BCUT2D eigenvalue weighted by molar-refractivity contribution is -0.335. The predicted molar refractivity (Wildman–Crippen MR) is 111 cm³/mol. The normalized spacial score (nSPS) is 41.5. The maximum atomic E-state index is 11.1. The van der Waals surface area contributed by atoms with Crippen LogP contribution in [0.3, 0.4) is 0 Å². The van der Waals surface area contributed by atoms with Gasteiger partial charge in [0.2, 0.25) is 0 Å². The van der Waals surface area contributed by atoms with E-state index in [1.807, 2.05) is 6.92 Å². The van der Waals surface area contributed by atoms with Gasteiger partial charge in [0.05, 0.1) is 25.2 Å². The number of hydrogen-bond donors (Lipinski definition) is 7. The van der Waals surface area contributed by atoms with Crippen molar-refractivity contribution < 1.29 is 59.5 Å². The Labute approximate surface area is 192 Å². The van der Waals surface area contributed by atoms with Crippen LogP contribution in [0.25, 0.3) is 0 Å². The smallest absolute Gasteiger partial charge is 0.303 e. The molecule has 2 heterocycles. The van der Waals surface area contributed by atoms with Gasteiger partial charge in [-0.2, -0.15) is 0 Å². The quantitative estimate of drug-likeness (QED) is 0.177. The molecule has 2 saturated heterocycles. The zero-order valence-electron chi connectivity index (χ0n) is 19.1. The van der Waals surface area contributed by atoms with E-state index in [1.165, 1.54) is 6.92 Å². The summed E-state index contributed by atoms with van der Waals surface area (Å²) < 4.78 is 22.3. The largest absolute Gasteiger partial charge is 0.481 e. The molecule has 2 aliphatic heterocycles. The van der Waals surface area contributed by atoms with Gasteiger partial charge in [-0.05, 0) is 19.3 Å². The van der Waals surface area contributed by atoms with Crippen molar-refractivity contribution in [1.82, 2.24) is 0 Å². The van der Waals surface area contributed by atoms with Gasteiger partial charge in [-0.15, -0.1) is 0 Å². The van der Waals surface area contributed by atoms with Crippen molar-refractivity contribution in [2.45, 2.75) is 114 Å². The molecule has 2 rings (SSSR count). The standard InChI is InChI=1S/C21H38O12/c1-4-5-6-11(9(2)7-13(22)23)32-21-19(29)17(27)15(25)12(33-21)8-30-20-18(28)16(26)14(24)10(3)31-20/h9-12,14-21,24-29H,4-8H2,1-3H3,(H,22,23)/t9?,10-,11?,12+,14-,15+,16+,17-,18+,19+,20+,21+/m0/s1. The summed E-state index contributed by atoms with van der Waals surface area (Å²) in [4.78, 5) is 11.1. The Morgan fingerprint density at radius 2 is 1.52 bits per heavy atom. The molecule has 0 aromatic heterocycles. The van der Waals surface area contributed by atoms with Gasteiger partial charge in [0.15, 0.2) is 12.6 Å². The molecule has 194 valence electrons. The van der Waals surface area contributed by atoms with Crippen molar-refractivity contribution in [1.29, 1.82) is 0 Å². The van der Waals surface area contributed by atoms with Crippen molar-refractivity contribution in [3.05, 3.63) is 0 Å². The minimum Gasteiger partial charge on any atom is -0.481 e. The van der Waals surface area contributed by atoms with Crippen molar-refractivity contribution in [3.8, 4) is 0 Å². The Morgan fingerprint density at radius 3 is 2.12 bits per heavy atom. The Kier molecular flexibility index (Phi) is 10.9. The lowest BCUT2D eigenvalue weighted by Gasteiger charge is -2.43. The Hall–Kier alpha value is -0.930. The topological polar surface area (TPSA) is 196 Å². The number of aliphatic carboxylic acids is 1. The van der Waals surface area contributed by atoms with Crippen molar-refractivity contribution >= 4 is 5.97 Å². The number of carbonyl (C=O) groups is 1. The zero-order chi connectivity index (χ0) is 24.9. The molecule has 0 radical (unpaired) electrons. The lowest BCUT2D eigenvalue weighted by Crippen LogP contribution is -2.61. The number of aliphatic hydroxyl groups excluding tert-OH is 6. The Bertz CT molecular complexity index is 606. The zero-order valence-corrected chi connectivity index (χ0v) is 19.1. The van der Waals surface area contributed by atoms with Crippen LogP contribution in [0, 0.1) is 5.92 Å². The van der Waals surface area contributed by atoms with Crippen LogP contribution >= 0.6 is 0 Å². The van der Waals surface area contributed by atoms with Crippen LogP contribution in [0.15, 0.2) is 0 Å². The molecule has 2 unspecified atom stereocenters. The third kappa shape index (κ3) is 7.28. The molecular formula is C21H38O12. The molecule has 0 aromatic carbocycles. The van der Waals surface area contributed by atoms with E-state index in [1.54, 1.807) is 6.92 Å². The summed E-state index contributed by atoms with van der Waals surface area (Å²) in [6.45, 7) is 4.77. The summed E-state index contributed by atoms with van der Waals surface area (Å²) >= 11 is 0. The highest BCUT2D eigenvalue weighted by Gasteiger charge is 2.47. The van der Waals surface area contributed by atoms with E-state index in [4.69, 9.17) is 24.1 Å². The molecule has 0 bridgehead atoms. The fourth-order valence-corrected chi connectivity index (χ4v) is 3.98. The third-order valence-corrected chi connectivity index (χ3v) is 6.18. The first-order chi connectivity index (χ1) is 15.5. The summed E-state index contributed by atoms with van der Waals surface area (Å²) in [5, 5.41) is 69.9. The van der Waals surface area contributed by atoms with Gasteiger partial charge in [-0.25, -0.2) is 0 Å². The van der Waals surface area contributed by atoms with Crippen LogP contribution in [-0.2, 0) is 23.7 Å². The second kappa shape index (κ2) is 12.7. The highest BCUT2D eigenvalue weighted by Crippen LogP contribution is 2.28. The maximum absolute atomic E-state index is 11.1. The van der Waals surface area contributed by atoms with E-state index >= 15 is 0 Å². The van der Waals surface area contributed by atoms with E-state index in [0.717, 1.165) is 12.8 Å². The average Bonchev–Trinajstić information content (AvgIpc) is 2.76. The van der Waals surface area contributed by atoms with Crippen LogP contribution < -0.4 is 0 Å². The van der Waals surface area contributed by atoms with Gasteiger partial charge in [-0.1, -0.05) is 26.7 Å². The monoisotopic (exact) mass is 482 g/mol. The molecule has 2 fully saturated rings. The predicted octanol–water partition coefficient (Wildman–Crippen LogP) is -1.68. The molecule has 0 saturated carbocycles. The van der Waals surface area contributed by atoms with Gasteiger partial charge in [0.25, 0.3) is 0 Å². The van der Waals surface area contributed by atoms with E-state index in [9.17, 15) is 35.4 Å². The van der Waals surface area contributed by atoms with Crippen LogP contribution in [0.1, 0.15) is 46.5 Å². The number of hydrogen-bond acceptors (Lipinski definition) is 11. The fraction of sp³-hybridized carbons (Fsp3) is 0.952. The first-order valence-corrected chi connectivity index (χ1v) is 11.4. The number of unbranched alkanes of at least 4 members (excludes halogenated alkanes) is 1. The van der Waals surface area contributed by atoms with E-state index in [0.29, 0.717) is 6.42 Å². The summed E-state index contributed by atoms with van der Waals surface area (Å²) in [6.07, 6.45) is -12.5. The molecule has 33 heavy (non-hydrogen) atoms. The number of rotatable bonds is 11. The molecule has 0 aliphatic carbocycles. The molecule has 12 atom stereocenters. The van der Waals surface area contributed by atoms with Crippen LogP contribution in [0.2, 0.25) is 0 Å². The van der Waals surface area contributed by atoms with Crippen LogP contribution in [-0.4, -0.2) is 116 Å². The molecule has 12 heteroatoms. The Balaban J connectivity index is 2.04. The molecular weight excluding hydrogens is 444 g/mol. The van der Waals surface area contributed by atoms with Crippen LogP contribution in [0.4, 0.5) is 0 Å². The van der Waals surface area contributed by atoms with Gasteiger partial charge in [0.1, 0.15) is 42.7 Å². The SMILES string of the molecule is CCCCC(O[C@@H]1O[C@H](CO[C@@H]2O[C@@H](C)[C@H](O)[C@@H](O)[C@H]2O)[C@@H](O)[C@H](O)[C@H]1O)C(C)CC(=O)O. The number of aliphatic hydroxyl groups is 6. The molecule has 7 N–H and O–H groups in total. The summed E-state index contributed by atoms with van der Waals surface area (Å²) in [5.74, 6) is -1.39. The number of ether oxygens (including phenoxy) is 4. The summed E-state index contributed by atoms with van der Waals surface area (Å²) in [5.41, 5.74) is 0. The van der Waals surface area contributed by atoms with E-state index < -0.39 is 86.0 Å². The molecule has 0 spiro atoms. The number of carboxylic acids is 1. The molecule has 0 amide bonds. The highest BCUT2D eigenvalue weighted by molar-refractivity contribution is 5.67. The van der Waals surface area contributed by atoms with Gasteiger partial charge in [-0.3, -0.25) is 4.79 Å². The van der Waals surface area contributed by atoms with Crippen molar-refractivity contribution in [2.75, 3.05) is 6.61 Å². The lowest BCUT2D eigenvalue weighted by atomic mass is 9.95. The third-order valence-electron chi connectivity index (χ3n) is 6.18. The first kappa shape index (κ1) is 28.3. The van der Waals surface area contributed by atoms with Crippen LogP contribution in [0.5, 0.6) is 0 Å².